The van der Waals surface area contributed by atoms with Gasteiger partial charge in [0.25, 0.3) is 0 Å². The number of nitrogens with zero attached hydrogens (tertiary/aromatic N) is 2. The normalized spacial score (nSPS) is 12.9. The van der Waals surface area contributed by atoms with E-state index in [-0.39, 0.29) is 0 Å². The van der Waals surface area contributed by atoms with E-state index in [1.54, 1.807) is 7.11 Å². The molecule has 1 aliphatic rings. The van der Waals surface area contributed by atoms with E-state index in [2.05, 4.69) is 75.9 Å². The first-order valence-corrected chi connectivity index (χ1v) is 12.9. The lowest BCUT2D eigenvalue weighted by Crippen LogP contribution is -2.13. The van der Waals surface area contributed by atoms with Crippen molar-refractivity contribution in [1.29, 1.82) is 0 Å². The predicted octanol–water partition coefficient (Wildman–Crippen LogP) is 7.52. The Bertz CT molecular complexity index is 1540. The van der Waals surface area contributed by atoms with Gasteiger partial charge in [0, 0.05) is 29.6 Å². The van der Waals surface area contributed by atoms with Gasteiger partial charge in [0.2, 0.25) is 0 Å². The van der Waals surface area contributed by atoms with Crippen LogP contribution in [0.15, 0.2) is 85.1 Å². The molecule has 1 aliphatic heterocycles. The highest BCUT2D eigenvalue weighted by atomic mass is 32.1. The molecule has 3 aromatic carbocycles. The van der Waals surface area contributed by atoms with Gasteiger partial charge in [-0.3, -0.25) is 4.40 Å². The first kappa shape index (κ1) is 22.6. The molecule has 0 atom stereocenters. The lowest BCUT2D eigenvalue weighted by molar-refractivity contribution is 0.415. The zero-order chi connectivity index (χ0) is 24.6. The second-order valence-corrected chi connectivity index (χ2v) is 9.84. The number of ether oxygens (including phenoxy) is 1. The number of imidazole rings is 1. The fourth-order valence-electron chi connectivity index (χ4n) is 5.33. The van der Waals surface area contributed by atoms with Gasteiger partial charge in [-0.1, -0.05) is 60.2 Å². The maximum Gasteiger partial charge on any atom is 0.121 e. The van der Waals surface area contributed by atoms with Crippen LogP contribution < -0.4 is 10.1 Å². The quantitative estimate of drug-likeness (QED) is 0.258. The van der Waals surface area contributed by atoms with Gasteiger partial charge < -0.3 is 14.6 Å². The standard InChI is InChI=1S/C31H29N3OS/c1-21-11-13-23(14-12-21)29-28(30(36)32-24-8-4-3-5-9-24)26-10-6-7-19-33-27(20-34(29)31(26)33)22-15-17-25(35-2)18-16-22/h3-5,8-9,11-18,20H,6-7,10,19H2,1-2H3,(H,32,36). The van der Waals surface area contributed by atoms with Crippen LogP contribution in [0.5, 0.6) is 5.75 Å². The third-order valence-corrected chi connectivity index (χ3v) is 7.41. The first-order valence-electron chi connectivity index (χ1n) is 12.5. The lowest BCUT2D eigenvalue weighted by atomic mass is 10.0. The van der Waals surface area contributed by atoms with Crippen molar-refractivity contribution in [3.05, 3.63) is 102 Å². The Labute approximate surface area is 217 Å². The fourth-order valence-corrected chi connectivity index (χ4v) is 5.67. The number of thiocarbonyl (C=S) groups is 1. The average Bonchev–Trinajstić information content (AvgIpc) is 3.33. The van der Waals surface area contributed by atoms with E-state index < -0.39 is 0 Å². The second kappa shape index (κ2) is 9.32. The zero-order valence-corrected chi connectivity index (χ0v) is 21.4. The number of benzene rings is 3. The molecule has 0 saturated heterocycles. The molecule has 1 N–H and O–H groups in total. The molecule has 0 spiro atoms. The van der Waals surface area contributed by atoms with Crippen LogP contribution >= 0.6 is 12.2 Å². The molecule has 3 heterocycles. The number of hydrogen-bond donors (Lipinski definition) is 1. The second-order valence-electron chi connectivity index (χ2n) is 9.43. The summed E-state index contributed by atoms with van der Waals surface area (Å²) in [5.41, 5.74) is 10.7. The van der Waals surface area contributed by atoms with Crippen molar-refractivity contribution in [2.75, 3.05) is 12.4 Å². The number of aryl methyl sites for hydroxylation is 3. The molecule has 4 nitrogen and oxygen atoms in total. The maximum absolute atomic E-state index is 6.09. The van der Waals surface area contributed by atoms with Gasteiger partial charge in [0.1, 0.15) is 16.4 Å². The van der Waals surface area contributed by atoms with Gasteiger partial charge in [0.15, 0.2) is 0 Å². The number of hydrogen-bond acceptors (Lipinski definition) is 2. The Kier molecular flexibility index (Phi) is 5.86. The van der Waals surface area contributed by atoms with E-state index in [1.165, 1.54) is 33.6 Å². The van der Waals surface area contributed by atoms with Crippen LogP contribution in [0, 0.1) is 6.92 Å². The Hall–Kier alpha value is -3.83. The van der Waals surface area contributed by atoms with Crippen LogP contribution in [0.3, 0.4) is 0 Å². The summed E-state index contributed by atoms with van der Waals surface area (Å²) in [4.78, 5) is 0.773. The Balaban J connectivity index is 1.59. The van der Waals surface area contributed by atoms with Crippen LogP contribution in [-0.4, -0.2) is 21.1 Å². The highest BCUT2D eigenvalue weighted by molar-refractivity contribution is 7.81. The molecule has 36 heavy (non-hydrogen) atoms. The van der Waals surface area contributed by atoms with Crippen molar-refractivity contribution in [1.82, 2.24) is 8.97 Å². The highest BCUT2D eigenvalue weighted by Crippen LogP contribution is 2.39. The van der Waals surface area contributed by atoms with E-state index in [4.69, 9.17) is 17.0 Å². The van der Waals surface area contributed by atoms with E-state index >= 15 is 0 Å². The molecule has 0 radical (unpaired) electrons. The summed E-state index contributed by atoms with van der Waals surface area (Å²) in [6, 6.07) is 27.4. The SMILES string of the molecule is COc1ccc(-c2cn3c(-c4ccc(C)cc4)c(C(=S)Nc4ccccc4)c4c3n2CCCC4)cc1. The largest absolute Gasteiger partial charge is 0.497 e. The molecule has 6 rings (SSSR count). The molecule has 0 bridgehead atoms. The van der Waals surface area contributed by atoms with Crippen molar-refractivity contribution < 1.29 is 4.74 Å². The lowest BCUT2D eigenvalue weighted by Gasteiger charge is -2.13. The molecule has 0 saturated carbocycles. The van der Waals surface area contributed by atoms with E-state index in [0.29, 0.717) is 0 Å². The topological polar surface area (TPSA) is 30.6 Å². The fraction of sp³-hybridized carbons (Fsp3) is 0.194. The number of para-hydroxylation sites is 1. The van der Waals surface area contributed by atoms with Gasteiger partial charge >= 0.3 is 0 Å². The summed E-state index contributed by atoms with van der Waals surface area (Å²) in [7, 11) is 1.71. The van der Waals surface area contributed by atoms with Crippen LogP contribution in [-0.2, 0) is 13.0 Å². The molecule has 5 heteroatoms. The molecular formula is C31H29N3OS. The first-order chi connectivity index (χ1) is 17.6. The number of anilines is 1. The summed E-state index contributed by atoms with van der Waals surface area (Å²) >= 11 is 6.09. The molecule has 0 amide bonds. The minimum Gasteiger partial charge on any atom is -0.497 e. The van der Waals surface area contributed by atoms with E-state index in [0.717, 1.165) is 53.5 Å². The minimum absolute atomic E-state index is 0.773. The number of nitrogens with one attached hydrogen (secondary N) is 1. The third kappa shape index (κ3) is 3.90. The third-order valence-electron chi connectivity index (χ3n) is 7.10. The molecule has 2 aromatic heterocycles. The summed E-state index contributed by atoms with van der Waals surface area (Å²) in [6.07, 6.45) is 5.57. The Morgan fingerprint density at radius 3 is 2.33 bits per heavy atom. The summed E-state index contributed by atoms with van der Waals surface area (Å²) in [5.74, 6) is 0.869. The summed E-state index contributed by atoms with van der Waals surface area (Å²) < 4.78 is 10.3. The van der Waals surface area contributed by atoms with Crippen LogP contribution in [0.4, 0.5) is 5.69 Å². The predicted molar refractivity (Wildman–Crippen MR) is 152 cm³/mol. The number of methoxy groups -OCH3 is 1. The van der Waals surface area contributed by atoms with Crippen molar-refractivity contribution in [3.8, 4) is 28.3 Å². The molecule has 0 fully saturated rings. The zero-order valence-electron chi connectivity index (χ0n) is 20.6. The summed E-state index contributed by atoms with van der Waals surface area (Å²) in [6.45, 7) is 3.11. The summed E-state index contributed by atoms with van der Waals surface area (Å²) in [5, 5.41) is 3.52. The van der Waals surface area contributed by atoms with Gasteiger partial charge in [-0.05, 0) is 73.7 Å². The molecule has 5 aromatic rings. The van der Waals surface area contributed by atoms with Gasteiger partial charge in [-0.2, -0.15) is 0 Å². The van der Waals surface area contributed by atoms with Crippen molar-refractivity contribution in [2.45, 2.75) is 32.7 Å². The maximum atomic E-state index is 6.09. The number of rotatable bonds is 5. The molecule has 0 unspecified atom stereocenters. The minimum atomic E-state index is 0.773. The van der Waals surface area contributed by atoms with Gasteiger partial charge in [0.05, 0.1) is 18.5 Å². The molecule has 0 aliphatic carbocycles. The highest BCUT2D eigenvalue weighted by Gasteiger charge is 2.28. The van der Waals surface area contributed by atoms with Gasteiger partial charge in [-0.25, -0.2) is 0 Å². The average molecular weight is 492 g/mol. The van der Waals surface area contributed by atoms with Crippen LogP contribution in [0.2, 0.25) is 0 Å². The van der Waals surface area contributed by atoms with Crippen LogP contribution in [0.1, 0.15) is 29.5 Å². The van der Waals surface area contributed by atoms with Crippen LogP contribution in [0.25, 0.3) is 28.2 Å². The Morgan fingerprint density at radius 2 is 1.61 bits per heavy atom. The molecule has 180 valence electrons. The van der Waals surface area contributed by atoms with E-state index in [9.17, 15) is 0 Å². The van der Waals surface area contributed by atoms with Crippen molar-refractivity contribution in [2.24, 2.45) is 0 Å². The van der Waals surface area contributed by atoms with Crippen molar-refractivity contribution in [3.63, 3.8) is 0 Å². The monoisotopic (exact) mass is 491 g/mol. The van der Waals surface area contributed by atoms with E-state index in [1.807, 2.05) is 30.3 Å². The molecular weight excluding hydrogens is 462 g/mol. The van der Waals surface area contributed by atoms with Crippen molar-refractivity contribution >= 4 is 28.5 Å². The smallest absolute Gasteiger partial charge is 0.121 e. The Morgan fingerprint density at radius 1 is 0.889 bits per heavy atom. The van der Waals surface area contributed by atoms with Gasteiger partial charge in [-0.15, -0.1) is 0 Å². The number of aromatic nitrogens is 2.